The van der Waals surface area contributed by atoms with Gasteiger partial charge in [0.2, 0.25) is 0 Å². The Labute approximate surface area is 99.2 Å². The van der Waals surface area contributed by atoms with Gasteiger partial charge in [-0.05, 0) is 12.1 Å². The number of rotatable bonds is 4. The van der Waals surface area contributed by atoms with Crippen LogP contribution in [0.5, 0.6) is 0 Å². The molecule has 0 spiro atoms. The Hall–Kier alpha value is -1.76. The van der Waals surface area contributed by atoms with Gasteiger partial charge in [-0.2, -0.15) is 0 Å². The molecule has 0 radical (unpaired) electrons. The summed E-state index contributed by atoms with van der Waals surface area (Å²) in [6.45, 7) is 0.484. The lowest BCUT2D eigenvalue weighted by molar-refractivity contribution is 0.600. The molecule has 0 N–H and O–H groups in total. The predicted octanol–water partition coefficient (Wildman–Crippen LogP) is 0.266. The molecule has 0 bridgehead atoms. The van der Waals surface area contributed by atoms with Gasteiger partial charge in [-0.15, -0.1) is 5.10 Å². The molecule has 17 heavy (non-hydrogen) atoms. The summed E-state index contributed by atoms with van der Waals surface area (Å²) in [4.78, 5) is 4.15. The predicted molar refractivity (Wildman–Crippen MR) is 61.9 cm³/mol. The third kappa shape index (κ3) is 3.63. The summed E-state index contributed by atoms with van der Waals surface area (Å²) in [5.74, 6) is -0.0881. The molecular formula is C10H12N4O2S. The summed E-state index contributed by atoms with van der Waals surface area (Å²) < 4.78 is 23.7. The van der Waals surface area contributed by atoms with E-state index in [1.807, 2.05) is 18.2 Å². The number of nitrogens with zero attached hydrogens (tertiary/aromatic N) is 4. The van der Waals surface area contributed by atoms with Gasteiger partial charge in [0.15, 0.2) is 9.84 Å². The lowest BCUT2D eigenvalue weighted by atomic mass is 10.3. The molecule has 6 nitrogen and oxygen atoms in total. The first-order valence-electron chi connectivity index (χ1n) is 4.99. The third-order valence-electron chi connectivity index (χ3n) is 2.05. The van der Waals surface area contributed by atoms with Crippen molar-refractivity contribution in [1.82, 2.24) is 20.0 Å². The van der Waals surface area contributed by atoms with Gasteiger partial charge in [0.05, 0.1) is 23.7 Å². The van der Waals surface area contributed by atoms with Crippen LogP contribution in [0.1, 0.15) is 11.4 Å². The minimum atomic E-state index is -3.07. The number of pyridine rings is 1. The van der Waals surface area contributed by atoms with Gasteiger partial charge in [0.25, 0.3) is 0 Å². The van der Waals surface area contributed by atoms with E-state index in [0.717, 1.165) is 5.69 Å². The SMILES string of the molecule is CS(=O)(=O)Cc1cn(Cc2ccccn2)nn1. The van der Waals surface area contributed by atoms with Crippen LogP contribution in [-0.4, -0.2) is 34.7 Å². The molecule has 0 saturated carbocycles. The van der Waals surface area contributed by atoms with E-state index in [4.69, 9.17) is 0 Å². The monoisotopic (exact) mass is 252 g/mol. The maximum absolute atomic E-state index is 11.1. The summed E-state index contributed by atoms with van der Waals surface area (Å²) in [6.07, 6.45) is 4.49. The van der Waals surface area contributed by atoms with Crippen LogP contribution in [0.4, 0.5) is 0 Å². The number of sulfone groups is 1. The van der Waals surface area contributed by atoms with Gasteiger partial charge in [-0.3, -0.25) is 4.98 Å². The Balaban J connectivity index is 2.09. The Morgan fingerprint density at radius 2 is 2.12 bits per heavy atom. The van der Waals surface area contributed by atoms with Crippen molar-refractivity contribution < 1.29 is 8.42 Å². The minimum Gasteiger partial charge on any atom is -0.259 e. The third-order valence-corrected chi connectivity index (χ3v) is 2.87. The van der Waals surface area contributed by atoms with Crippen LogP contribution in [0.3, 0.4) is 0 Å². The molecule has 0 aliphatic carbocycles. The van der Waals surface area contributed by atoms with Crippen molar-refractivity contribution in [2.75, 3.05) is 6.26 Å². The number of hydrogen-bond donors (Lipinski definition) is 0. The lowest BCUT2D eigenvalue weighted by Crippen LogP contribution is -2.02. The quantitative estimate of drug-likeness (QED) is 0.780. The van der Waals surface area contributed by atoms with E-state index in [2.05, 4.69) is 15.3 Å². The van der Waals surface area contributed by atoms with E-state index in [1.165, 1.54) is 6.26 Å². The summed E-state index contributed by atoms with van der Waals surface area (Å²) in [7, 11) is -3.07. The Bertz CT molecular complexity index is 592. The lowest BCUT2D eigenvalue weighted by Gasteiger charge is -1.98. The molecule has 7 heteroatoms. The molecule has 0 unspecified atom stereocenters. The number of aromatic nitrogens is 4. The highest BCUT2D eigenvalue weighted by atomic mass is 32.2. The molecule has 0 aliphatic heterocycles. The molecular weight excluding hydrogens is 240 g/mol. The van der Waals surface area contributed by atoms with E-state index in [9.17, 15) is 8.42 Å². The van der Waals surface area contributed by atoms with E-state index >= 15 is 0 Å². The van der Waals surface area contributed by atoms with Gasteiger partial charge in [0, 0.05) is 18.6 Å². The molecule has 2 heterocycles. The fourth-order valence-corrected chi connectivity index (χ4v) is 2.08. The van der Waals surface area contributed by atoms with Crippen molar-refractivity contribution in [3.05, 3.63) is 42.0 Å². The van der Waals surface area contributed by atoms with Crippen LogP contribution in [0, 0.1) is 0 Å². The standard InChI is InChI=1S/C10H12N4O2S/c1-17(15,16)8-10-7-14(13-12-10)6-9-4-2-3-5-11-9/h2-5,7H,6,8H2,1H3. The Morgan fingerprint density at radius 3 is 2.76 bits per heavy atom. The fraction of sp³-hybridized carbons (Fsp3) is 0.300. The normalized spacial score (nSPS) is 11.6. The summed E-state index contributed by atoms with van der Waals surface area (Å²) in [6, 6.07) is 5.59. The van der Waals surface area contributed by atoms with E-state index in [-0.39, 0.29) is 5.75 Å². The second-order valence-electron chi connectivity index (χ2n) is 3.80. The second-order valence-corrected chi connectivity index (χ2v) is 5.94. The summed E-state index contributed by atoms with van der Waals surface area (Å²) in [5, 5.41) is 7.66. The van der Waals surface area contributed by atoms with Gasteiger partial charge in [-0.25, -0.2) is 13.1 Å². The maximum Gasteiger partial charge on any atom is 0.153 e. The van der Waals surface area contributed by atoms with Crippen LogP contribution in [0.2, 0.25) is 0 Å². The van der Waals surface area contributed by atoms with Crippen LogP contribution < -0.4 is 0 Å². The molecule has 0 saturated heterocycles. The summed E-state index contributed by atoms with van der Waals surface area (Å²) >= 11 is 0. The van der Waals surface area contributed by atoms with Crippen molar-refractivity contribution in [3.63, 3.8) is 0 Å². The number of hydrogen-bond acceptors (Lipinski definition) is 5. The van der Waals surface area contributed by atoms with Crippen molar-refractivity contribution >= 4 is 9.84 Å². The topological polar surface area (TPSA) is 77.7 Å². The first-order valence-corrected chi connectivity index (χ1v) is 7.06. The highest BCUT2D eigenvalue weighted by Crippen LogP contribution is 2.02. The molecule has 2 rings (SSSR count). The first-order chi connectivity index (χ1) is 8.03. The zero-order valence-corrected chi connectivity index (χ0v) is 10.1. The van der Waals surface area contributed by atoms with E-state index in [1.54, 1.807) is 17.1 Å². The first kappa shape index (κ1) is 11.7. The average Bonchev–Trinajstić information content (AvgIpc) is 2.64. The molecule has 2 aromatic rings. The van der Waals surface area contributed by atoms with Crippen molar-refractivity contribution in [2.24, 2.45) is 0 Å². The minimum absolute atomic E-state index is 0.0881. The van der Waals surface area contributed by atoms with Gasteiger partial charge in [0.1, 0.15) is 0 Å². The van der Waals surface area contributed by atoms with Crippen molar-refractivity contribution in [3.8, 4) is 0 Å². The average molecular weight is 252 g/mol. The van der Waals surface area contributed by atoms with Gasteiger partial charge < -0.3 is 0 Å². The van der Waals surface area contributed by atoms with Crippen molar-refractivity contribution in [1.29, 1.82) is 0 Å². The molecule has 0 fully saturated rings. The molecule has 0 atom stereocenters. The molecule has 0 aliphatic rings. The summed E-state index contributed by atoms with van der Waals surface area (Å²) in [5.41, 5.74) is 1.30. The fourth-order valence-electron chi connectivity index (χ4n) is 1.41. The molecule has 0 aromatic carbocycles. The largest absolute Gasteiger partial charge is 0.259 e. The van der Waals surface area contributed by atoms with Crippen molar-refractivity contribution in [2.45, 2.75) is 12.3 Å². The zero-order chi connectivity index (χ0) is 12.3. The highest BCUT2D eigenvalue weighted by Gasteiger charge is 2.08. The molecule has 0 amide bonds. The van der Waals surface area contributed by atoms with Crippen LogP contribution in [0.25, 0.3) is 0 Å². The van der Waals surface area contributed by atoms with Gasteiger partial charge in [-0.1, -0.05) is 11.3 Å². The highest BCUT2D eigenvalue weighted by molar-refractivity contribution is 7.89. The van der Waals surface area contributed by atoms with Crippen LogP contribution in [-0.2, 0) is 22.1 Å². The van der Waals surface area contributed by atoms with E-state index in [0.29, 0.717) is 12.2 Å². The molecule has 2 aromatic heterocycles. The molecule has 90 valence electrons. The van der Waals surface area contributed by atoms with Crippen LogP contribution >= 0.6 is 0 Å². The zero-order valence-electron chi connectivity index (χ0n) is 9.31. The van der Waals surface area contributed by atoms with Crippen LogP contribution in [0.15, 0.2) is 30.6 Å². The van der Waals surface area contributed by atoms with Gasteiger partial charge >= 0.3 is 0 Å². The Morgan fingerprint density at radius 1 is 1.29 bits per heavy atom. The second kappa shape index (κ2) is 4.62. The maximum atomic E-state index is 11.1. The Kier molecular flexibility index (Phi) is 3.19. The van der Waals surface area contributed by atoms with E-state index < -0.39 is 9.84 Å². The smallest absolute Gasteiger partial charge is 0.153 e.